The van der Waals surface area contributed by atoms with Crippen molar-refractivity contribution in [1.29, 1.82) is 5.26 Å². The number of amides is 1. The van der Waals surface area contributed by atoms with Crippen molar-refractivity contribution in [1.82, 2.24) is 15.1 Å². The number of halogens is 4. The Bertz CT molecular complexity index is 1520. The monoisotopic (exact) mass is 551 g/mol. The quantitative estimate of drug-likeness (QED) is 0.316. The van der Waals surface area contributed by atoms with Gasteiger partial charge in [0.05, 0.1) is 23.6 Å². The van der Waals surface area contributed by atoms with Crippen LogP contribution < -0.4 is 4.90 Å². The van der Waals surface area contributed by atoms with Gasteiger partial charge >= 0.3 is 6.18 Å². The van der Waals surface area contributed by atoms with E-state index in [4.69, 9.17) is 5.26 Å². The third-order valence-electron chi connectivity index (χ3n) is 6.84. The van der Waals surface area contributed by atoms with Crippen molar-refractivity contribution in [2.24, 2.45) is 0 Å². The number of aromatic nitrogens is 2. The maximum Gasteiger partial charge on any atom is 0.416 e. The zero-order chi connectivity index (χ0) is 26.9. The summed E-state index contributed by atoms with van der Waals surface area (Å²) < 4.78 is 38.5. The van der Waals surface area contributed by atoms with Gasteiger partial charge in [-0.3, -0.25) is 4.79 Å². The maximum absolute atomic E-state index is 13.0. The van der Waals surface area contributed by atoms with Crippen LogP contribution in [0.5, 0.6) is 0 Å². The molecule has 39 heavy (non-hydrogen) atoms. The van der Waals surface area contributed by atoms with E-state index in [1.165, 1.54) is 12.1 Å². The van der Waals surface area contributed by atoms with Crippen LogP contribution in [-0.4, -0.2) is 46.7 Å². The summed E-state index contributed by atoms with van der Waals surface area (Å²) in [5, 5.41) is 20.1. The zero-order valence-electron chi connectivity index (χ0n) is 21.0. The highest BCUT2D eigenvalue weighted by Crippen LogP contribution is 2.33. The molecule has 1 fully saturated rings. The Morgan fingerprint density at radius 1 is 0.974 bits per heavy atom. The molecule has 6 nitrogen and oxygen atoms in total. The van der Waals surface area contributed by atoms with Crippen LogP contribution in [0.3, 0.4) is 0 Å². The fourth-order valence-corrected chi connectivity index (χ4v) is 4.85. The van der Waals surface area contributed by atoms with E-state index in [0.717, 1.165) is 40.0 Å². The van der Waals surface area contributed by atoms with Crippen molar-refractivity contribution in [2.75, 3.05) is 24.5 Å². The Balaban J connectivity index is 0.00000353. The number of nitrogens with zero attached hydrogens (tertiary/aromatic N) is 5. The molecule has 1 saturated heterocycles. The first-order valence-electron chi connectivity index (χ1n) is 12.2. The van der Waals surface area contributed by atoms with Crippen molar-refractivity contribution in [2.45, 2.75) is 25.6 Å². The van der Waals surface area contributed by atoms with Gasteiger partial charge in [-0.2, -0.15) is 18.4 Å². The number of hydrogen-bond donors (Lipinski definition) is 0. The Morgan fingerprint density at radius 3 is 2.26 bits per heavy atom. The van der Waals surface area contributed by atoms with E-state index in [9.17, 15) is 18.0 Å². The molecule has 0 radical (unpaired) electrons. The van der Waals surface area contributed by atoms with Crippen LogP contribution in [0.4, 0.5) is 19.0 Å². The zero-order valence-corrected chi connectivity index (χ0v) is 21.8. The molecule has 10 heteroatoms. The van der Waals surface area contributed by atoms with Gasteiger partial charge in [0.1, 0.15) is 5.69 Å². The first-order valence-corrected chi connectivity index (χ1v) is 12.2. The van der Waals surface area contributed by atoms with Crippen molar-refractivity contribution < 1.29 is 18.0 Å². The minimum Gasteiger partial charge on any atom is -0.351 e. The molecular formula is C29H25ClF3N5O. The summed E-state index contributed by atoms with van der Waals surface area (Å²) in [5.74, 6) is 0.615. The van der Waals surface area contributed by atoms with Crippen molar-refractivity contribution in [3.05, 3.63) is 89.5 Å². The molecule has 1 aliphatic rings. The molecule has 0 spiro atoms. The molecule has 1 amide bonds. The van der Waals surface area contributed by atoms with Gasteiger partial charge in [0.2, 0.25) is 5.91 Å². The SMILES string of the molecule is C[C@H]1CN(c2nnc(-c3ccc(C#N)cc3)c3ccccc23)CCN1C(=O)Cc1ccc(C(F)(F)F)cc1.Cl. The highest BCUT2D eigenvalue weighted by Gasteiger charge is 2.31. The number of hydrogen-bond acceptors (Lipinski definition) is 5. The van der Waals surface area contributed by atoms with Crippen LogP contribution in [0.1, 0.15) is 23.6 Å². The van der Waals surface area contributed by atoms with E-state index >= 15 is 0 Å². The van der Waals surface area contributed by atoms with Gasteiger partial charge < -0.3 is 9.80 Å². The Hall–Kier alpha value is -4.16. The lowest BCUT2D eigenvalue weighted by atomic mass is 10.0. The number of nitriles is 1. The van der Waals surface area contributed by atoms with Crippen LogP contribution in [0, 0.1) is 11.3 Å². The lowest BCUT2D eigenvalue weighted by Gasteiger charge is -2.40. The van der Waals surface area contributed by atoms with Crippen LogP contribution in [-0.2, 0) is 17.4 Å². The topological polar surface area (TPSA) is 73.1 Å². The fourth-order valence-electron chi connectivity index (χ4n) is 4.85. The second-order valence-electron chi connectivity index (χ2n) is 9.36. The van der Waals surface area contributed by atoms with Gasteiger partial charge in [-0.25, -0.2) is 0 Å². The molecule has 2 heterocycles. The van der Waals surface area contributed by atoms with Gasteiger partial charge in [0.25, 0.3) is 0 Å². The summed E-state index contributed by atoms with van der Waals surface area (Å²) in [6, 6.07) is 21.8. The van der Waals surface area contributed by atoms with Gasteiger partial charge in [-0.05, 0) is 36.8 Å². The Kier molecular flexibility index (Phi) is 8.07. The number of carbonyl (C=O) groups excluding carboxylic acids is 1. The molecule has 0 saturated carbocycles. The van der Waals surface area contributed by atoms with Crippen molar-refractivity contribution in [3.63, 3.8) is 0 Å². The highest BCUT2D eigenvalue weighted by atomic mass is 35.5. The number of alkyl halides is 3. The van der Waals surface area contributed by atoms with Gasteiger partial charge in [0, 0.05) is 42.0 Å². The molecule has 3 aromatic carbocycles. The second-order valence-corrected chi connectivity index (χ2v) is 9.36. The second kappa shape index (κ2) is 11.3. The summed E-state index contributed by atoms with van der Waals surface area (Å²) in [6.45, 7) is 3.52. The maximum atomic E-state index is 13.0. The lowest BCUT2D eigenvalue weighted by molar-refractivity contribution is -0.137. The summed E-state index contributed by atoms with van der Waals surface area (Å²) in [6.07, 6.45) is -4.36. The molecule has 200 valence electrons. The lowest BCUT2D eigenvalue weighted by Crippen LogP contribution is -2.54. The number of benzene rings is 3. The van der Waals surface area contributed by atoms with E-state index < -0.39 is 11.7 Å². The molecule has 0 aliphatic carbocycles. The van der Waals surface area contributed by atoms with Crippen LogP contribution in [0.2, 0.25) is 0 Å². The van der Waals surface area contributed by atoms with Crippen molar-refractivity contribution >= 4 is 34.9 Å². The smallest absolute Gasteiger partial charge is 0.351 e. The predicted molar refractivity (Wildman–Crippen MR) is 145 cm³/mol. The molecule has 1 aliphatic heterocycles. The van der Waals surface area contributed by atoms with E-state index in [2.05, 4.69) is 21.2 Å². The molecule has 1 atom stereocenters. The molecular weight excluding hydrogens is 527 g/mol. The molecule has 0 bridgehead atoms. The molecule has 4 aromatic rings. The summed E-state index contributed by atoms with van der Waals surface area (Å²) in [4.78, 5) is 16.9. The Labute approximate surface area is 230 Å². The van der Waals surface area contributed by atoms with Gasteiger partial charge in [-0.15, -0.1) is 22.6 Å². The molecule has 0 N–H and O–H groups in total. The summed E-state index contributed by atoms with van der Waals surface area (Å²) in [5.41, 5.74) is 1.99. The third-order valence-corrected chi connectivity index (χ3v) is 6.84. The third kappa shape index (κ3) is 5.81. The van der Waals surface area contributed by atoms with Gasteiger partial charge in [0.15, 0.2) is 5.82 Å². The number of carbonyl (C=O) groups is 1. The average molecular weight is 552 g/mol. The highest BCUT2D eigenvalue weighted by molar-refractivity contribution is 6.00. The number of piperazine rings is 1. The van der Waals surface area contributed by atoms with Crippen molar-refractivity contribution in [3.8, 4) is 17.3 Å². The van der Waals surface area contributed by atoms with Crippen LogP contribution >= 0.6 is 12.4 Å². The number of anilines is 1. The number of fused-ring (bicyclic) bond motifs is 1. The van der Waals surface area contributed by atoms with E-state index in [-0.39, 0.29) is 30.8 Å². The fraction of sp³-hybridized carbons (Fsp3) is 0.241. The normalized spacial score (nSPS) is 15.5. The minimum absolute atomic E-state index is 0. The van der Waals surface area contributed by atoms with E-state index in [0.29, 0.717) is 30.8 Å². The number of rotatable bonds is 4. The molecule has 5 rings (SSSR count). The summed E-state index contributed by atoms with van der Waals surface area (Å²) in [7, 11) is 0. The largest absolute Gasteiger partial charge is 0.416 e. The van der Waals surface area contributed by atoms with Crippen LogP contribution in [0.15, 0.2) is 72.8 Å². The first kappa shape index (κ1) is 27.9. The van der Waals surface area contributed by atoms with E-state index in [1.54, 1.807) is 17.0 Å². The van der Waals surface area contributed by atoms with Gasteiger partial charge in [-0.1, -0.05) is 48.5 Å². The standard InChI is InChI=1S/C29H24F3N5O.ClH/c1-19-18-36(14-15-37(19)26(38)16-20-8-12-23(13-9-20)29(30,31)32)28-25-5-3-2-4-24(25)27(34-35-28)22-10-6-21(17-33)7-11-22;/h2-13,19H,14-16,18H2,1H3;1H/t19-;/m0./s1. The average Bonchev–Trinajstić information content (AvgIpc) is 2.92. The van der Waals surface area contributed by atoms with Crippen LogP contribution in [0.25, 0.3) is 22.0 Å². The predicted octanol–water partition coefficient (Wildman–Crippen LogP) is 5.89. The first-order chi connectivity index (χ1) is 18.2. The summed E-state index contributed by atoms with van der Waals surface area (Å²) >= 11 is 0. The minimum atomic E-state index is -4.40. The molecule has 0 unspecified atom stereocenters. The molecule has 1 aromatic heterocycles. The van der Waals surface area contributed by atoms with E-state index in [1.807, 2.05) is 43.3 Å². The Morgan fingerprint density at radius 2 is 1.64 bits per heavy atom.